The monoisotopic (exact) mass is 248 g/mol. The van der Waals surface area contributed by atoms with E-state index < -0.39 is 30.2 Å². The minimum absolute atomic E-state index is 0.141. The molecule has 1 aromatic carbocycles. The Balaban J connectivity index is 2.95. The first-order valence-corrected chi connectivity index (χ1v) is 4.77. The topological polar surface area (TPSA) is 46.5 Å². The molecule has 6 heteroatoms. The quantitative estimate of drug-likeness (QED) is 0.829. The summed E-state index contributed by atoms with van der Waals surface area (Å²) in [5, 5.41) is 9.32. The third kappa shape index (κ3) is 3.45. The van der Waals surface area contributed by atoms with E-state index in [4.69, 9.17) is 0 Å². The molecule has 0 aliphatic carbocycles. The van der Waals surface area contributed by atoms with Crippen LogP contribution in [0.5, 0.6) is 0 Å². The third-order valence-corrected chi connectivity index (χ3v) is 2.21. The Morgan fingerprint density at radius 1 is 1.41 bits per heavy atom. The number of carbonyl (C=O) groups is 1. The normalized spacial score (nSPS) is 13.2. The first-order valence-electron chi connectivity index (χ1n) is 4.77. The number of esters is 1. The Morgan fingerprint density at radius 2 is 2.00 bits per heavy atom. The minimum Gasteiger partial charge on any atom is -0.467 e. The molecule has 0 unspecified atom stereocenters. The predicted molar refractivity (Wildman–Crippen MR) is 53.2 cm³/mol. The van der Waals surface area contributed by atoms with Gasteiger partial charge >= 0.3 is 12.1 Å². The van der Waals surface area contributed by atoms with Crippen molar-refractivity contribution in [3.63, 3.8) is 0 Å². The van der Waals surface area contributed by atoms with Gasteiger partial charge in [0, 0.05) is 6.42 Å². The van der Waals surface area contributed by atoms with Crippen LogP contribution in [0.2, 0.25) is 0 Å². The Morgan fingerprint density at radius 3 is 2.53 bits per heavy atom. The molecule has 17 heavy (non-hydrogen) atoms. The van der Waals surface area contributed by atoms with Gasteiger partial charge in [0.15, 0.2) is 6.10 Å². The molecule has 0 saturated heterocycles. The Hall–Kier alpha value is -1.56. The summed E-state index contributed by atoms with van der Waals surface area (Å²) in [7, 11) is 1.06. The van der Waals surface area contributed by atoms with E-state index >= 15 is 0 Å². The summed E-state index contributed by atoms with van der Waals surface area (Å²) in [5.74, 6) is -0.957. The summed E-state index contributed by atoms with van der Waals surface area (Å²) in [6.45, 7) is 0. The molecule has 0 aliphatic heterocycles. The fourth-order valence-corrected chi connectivity index (χ4v) is 1.40. The van der Waals surface area contributed by atoms with Crippen molar-refractivity contribution >= 4 is 5.97 Å². The number of hydrogen-bond acceptors (Lipinski definition) is 3. The van der Waals surface area contributed by atoms with Crippen LogP contribution in [0.1, 0.15) is 11.1 Å². The number of aliphatic hydroxyl groups is 1. The molecule has 0 bridgehead atoms. The lowest BCUT2D eigenvalue weighted by atomic mass is 10.0. The predicted octanol–water partition coefficient (Wildman–Crippen LogP) is 1.78. The van der Waals surface area contributed by atoms with Crippen LogP contribution in [0.25, 0.3) is 0 Å². The van der Waals surface area contributed by atoms with E-state index in [9.17, 15) is 23.1 Å². The molecule has 1 atom stereocenters. The number of aliphatic hydroxyl groups excluding tert-OH is 1. The van der Waals surface area contributed by atoms with Crippen molar-refractivity contribution < 1.29 is 27.8 Å². The highest BCUT2D eigenvalue weighted by atomic mass is 19.4. The maximum atomic E-state index is 12.6. The maximum absolute atomic E-state index is 12.6. The summed E-state index contributed by atoms with van der Waals surface area (Å²) >= 11 is 0. The SMILES string of the molecule is COC(=O)[C@H](O)Cc1ccccc1C(F)(F)F. The molecule has 0 heterocycles. The van der Waals surface area contributed by atoms with Gasteiger partial charge in [0.05, 0.1) is 12.7 Å². The number of benzene rings is 1. The van der Waals surface area contributed by atoms with E-state index in [0.717, 1.165) is 13.2 Å². The number of halogens is 3. The van der Waals surface area contributed by atoms with E-state index in [2.05, 4.69) is 4.74 Å². The minimum atomic E-state index is -4.51. The average molecular weight is 248 g/mol. The summed E-state index contributed by atoms with van der Waals surface area (Å²) in [4.78, 5) is 10.9. The molecule has 1 N–H and O–H groups in total. The number of alkyl halides is 3. The number of hydrogen-bond donors (Lipinski definition) is 1. The number of rotatable bonds is 3. The molecule has 94 valence electrons. The van der Waals surface area contributed by atoms with Crippen LogP contribution in [0.4, 0.5) is 13.2 Å². The lowest BCUT2D eigenvalue weighted by Crippen LogP contribution is -2.25. The van der Waals surface area contributed by atoms with Gasteiger partial charge in [-0.25, -0.2) is 4.79 Å². The number of methoxy groups -OCH3 is 1. The van der Waals surface area contributed by atoms with E-state index in [-0.39, 0.29) is 5.56 Å². The Labute approximate surface area is 95.8 Å². The molecule has 0 spiro atoms. The molecule has 0 aliphatic rings. The molecule has 0 aromatic heterocycles. The van der Waals surface area contributed by atoms with Gasteiger partial charge in [-0.3, -0.25) is 0 Å². The van der Waals surface area contributed by atoms with Crippen LogP contribution in [0.15, 0.2) is 24.3 Å². The number of ether oxygens (including phenoxy) is 1. The van der Waals surface area contributed by atoms with Gasteiger partial charge in [0.1, 0.15) is 0 Å². The van der Waals surface area contributed by atoms with Crippen LogP contribution in [-0.2, 0) is 22.1 Å². The van der Waals surface area contributed by atoms with Crippen molar-refractivity contribution in [2.75, 3.05) is 7.11 Å². The van der Waals surface area contributed by atoms with Crippen molar-refractivity contribution in [3.05, 3.63) is 35.4 Å². The van der Waals surface area contributed by atoms with Gasteiger partial charge in [0.2, 0.25) is 0 Å². The van der Waals surface area contributed by atoms with Crippen LogP contribution in [-0.4, -0.2) is 24.3 Å². The first kappa shape index (κ1) is 13.5. The van der Waals surface area contributed by atoms with Crippen molar-refractivity contribution in [2.45, 2.75) is 18.7 Å². The zero-order valence-corrected chi connectivity index (χ0v) is 8.99. The zero-order valence-electron chi connectivity index (χ0n) is 8.99. The second kappa shape index (κ2) is 5.18. The second-order valence-corrected chi connectivity index (χ2v) is 3.40. The van der Waals surface area contributed by atoms with Crippen molar-refractivity contribution in [3.8, 4) is 0 Å². The molecule has 0 amide bonds. The van der Waals surface area contributed by atoms with Gasteiger partial charge < -0.3 is 9.84 Å². The molecule has 1 aromatic rings. The van der Waals surface area contributed by atoms with Crippen molar-refractivity contribution in [1.29, 1.82) is 0 Å². The van der Waals surface area contributed by atoms with E-state index in [0.29, 0.717) is 0 Å². The average Bonchev–Trinajstić information content (AvgIpc) is 2.27. The van der Waals surface area contributed by atoms with Gasteiger partial charge in [-0.15, -0.1) is 0 Å². The fourth-order valence-electron chi connectivity index (χ4n) is 1.40. The fraction of sp³-hybridized carbons (Fsp3) is 0.364. The van der Waals surface area contributed by atoms with E-state index in [1.54, 1.807) is 0 Å². The number of carbonyl (C=O) groups excluding carboxylic acids is 1. The Bertz CT molecular complexity index is 401. The van der Waals surface area contributed by atoms with Crippen LogP contribution < -0.4 is 0 Å². The van der Waals surface area contributed by atoms with Crippen molar-refractivity contribution in [2.24, 2.45) is 0 Å². The van der Waals surface area contributed by atoms with Gasteiger partial charge in [-0.2, -0.15) is 13.2 Å². The molecule has 3 nitrogen and oxygen atoms in total. The van der Waals surface area contributed by atoms with Crippen molar-refractivity contribution in [1.82, 2.24) is 0 Å². The molecule has 0 saturated carbocycles. The van der Waals surface area contributed by atoms with Crippen LogP contribution >= 0.6 is 0 Å². The standard InChI is InChI=1S/C11H11F3O3/c1-17-10(16)9(15)6-7-4-2-3-5-8(7)11(12,13)14/h2-5,9,15H,6H2,1H3/t9-/m1/s1. The lowest BCUT2D eigenvalue weighted by Gasteiger charge is -2.14. The summed E-state index contributed by atoms with van der Waals surface area (Å²) in [6, 6.07) is 4.78. The summed E-state index contributed by atoms with van der Waals surface area (Å²) in [5.41, 5.74) is -0.999. The first-order chi connectivity index (χ1) is 7.86. The molecule has 0 radical (unpaired) electrons. The maximum Gasteiger partial charge on any atom is 0.416 e. The highest BCUT2D eigenvalue weighted by Crippen LogP contribution is 2.32. The Kier molecular flexibility index (Phi) is 4.11. The molecule has 1 rings (SSSR count). The second-order valence-electron chi connectivity index (χ2n) is 3.40. The smallest absolute Gasteiger partial charge is 0.416 e. The van der Waals surface area contributed by atoms with Gasteiger partial charge in [-0.1, -0.05) is 18.2 Å². The molecular formula is C11H11F3O3. The van der Waals surface area contributed by atoms with E-state index in [1.807, 2.05) is 0 Å². The summed E-state index contributed by atoms with van der Waals surface area (Å²) < 4.78 is 42.0. The summed E-state index contributed by atoms with van der Waals surface area (Å²) in [6.07, 6.45) is -6.53. The van der Waals surface area contributed by atoms with Crippen LogP contribution in [0, 0.1) is 0 Å². The third-order valence-electron chi connectivity index (χ3n) is 2.21. The molecular weight excluding hydrogens is 237 g/mol. The van der Waals surface area contributed by atoms with E-state index in [1.165, 1.54) is 18.2 Å². The largest absolute Gasteiger partial charge is 0.467 e. The zero-order chi connectivity index (χ0) is 13.1. The van der Waals surface area contributed by atoms with Crippen LogP contribution in [0.3, 0.4) is 0 Å². The van der Waals surface area contributed by atoms with Gasteiger partial charge in [-0.05, 0) is 11.6 Å². The lowest BCUT2D eigenvalue weighted by molar-refractivity contribution is -0.151. The van der Waals surface area contributed by atoms with Gasteiger partial charge in [0.25, 0.3) is 0 Å². The molecule has 0 fully saturated rings. The highest BCUT2D eigenvalue weighted by Gasteiger charge is 2.33. The highest BCUT2D eigenvalue weighted by molar-refractivity contribution is 5.74.